The molecule has 2 aromatic carbocycles. The predicted molar refractivity (Wildman–Crippen MR) is 104 cm³/mol. The lowest BCUT2D eigenvalue weighted by Crippen LogP contribution is -2.22. The Bertz CT molecular complexity index is 876. The van der Waals surface area contributed by atoms with E-state index in [0.29, 0.717) is 21.3 Å². The zero-order chi connectivity index (χ0) is 18.6. The molecule has 0 unspecified atom stereocenters. The van der Waals surface area contributed by atoms with E-state index in [1.807, 2.05) is 0 Å². The van der Waals surface area contributed by atoms with Crippen molar-refractivity contribution in [3.8, 4) is 0 Å². The van der Waals surface area contributed by atoms with Crippen molar-refractivity contribution in [1.29, 1.82) is 0 Å². The highest BCUT2D eigenvalue weighted by molar-refractivity contribution is 7.92. The number of benzene rings is 2. The number of hydrogen-bond donors (Lipinski definition) is 2. The third-order valence-electron chi connectivity index (χ3n) is 4.52. The Morgan fingerprint density at radius 3 is 2.35 bits per heavy atom. The molecular formula is C19H21ClN2O3S. The van der Waals surface area contributed by atoms with Gasteiger partial charge in [-0.15, -0.1) is 0 Å². The molecule has 2 aromatic rings. The van der Waals surface area contributed by atoms with Gasteiger partial charge in [-0.2, -0.15) is 0 Å². The molecular weight excluding hydrogens is 372 g/mol. The number of halogens is 1. The molecule has 5 nitrogen and oxygen atoms in total. The summed E-state index contributed by atoms with van der Waals surface area (Å²) in [4.78, 5) is 12.4. The summed E-state index contributed by atoms with van der Waals surface area (Å²) in [6.07, 6.45) is 3.43. The number of carbonyl (C=O) groups excluding carboxylic acids is 1. The molecule has 0 heterocycles. The Kier molecular flexibility index (Phi) is 5.84. The fraction of sp³-hybridized carbons (Fsp3) is 0.316. The first-order valence-corrected chi connectivity index (χ1v) is 10.5. The van der Waals surface area contributed by atoms with Crippen molar-refractivity contribution < 1.29 is 13.2 Å². The summed E-state index contributed by atoms with van der Waals surface area (Å²) in [5.74, 6) is -0.235. The SMILES string of the molecule is O=C(CNc1ccc(S(=O)(=O)C2CCCC2)cc1)Nc1ccccc1Cl. The van der Waals surface area contributed by atoms with Gasteiger partial charge in [-0.25, -0.2) is 8.42 Å². The molecule has 26 heavy (non-hydrogen) atoms. The number of carbonyl (C=O) groups is 1. The first kappa shape index (κ1) is 18.7. The van der Waals surface area contributed by atoms with E-state index < -0.39 is 9.84 Å². The summed E-state index contributed by atoms with van der Waals surface area (Å²) in [7, 11) is -3.25. The predicted octanol–water partition coefficient (Wildman–Crippen LogP) is 4.11. The molecule has 7 heteroatoms. The molecule has 1 amide bonds. The molecule has 0 aromatic heterocycles. The van der Waals surface area contributed by atoms with Crippen molar-refractivity contribution in [2.75, 3.05) is 17.2 Å². The van der Waals surface area contributed by atoms with Gasteiger partial charge >= 0.3 is 0 Å². The van der Waals surface area contributed by atoms with E-state index in [9.17, 15) is 13.2 Å². The number of rotatable bonds is 6. The number of sulfone groups is 1. The van der Waals surface area contributed by atoms with Gasteiger partial charge in [0, 0.05) is 5.69 Å². The van der Waals surface area contributed by atoms with Crippen LogP contribution in [0.1, 0.15) is 25.7 Å². The first-order chi connectivity index (χ1) is 12.5. The Morgan fingerprint density at radius 2 is 1.69 bits per heavy atom. The molecule has 2 N–H and O–H groups in total. The molecule has 1 saturated carbocycles. The van der Waals surface area contributed by atoms with E-state index >= 15 is 0 Å². The summed E-state index contributed by atoms with van der Waals surface area (Å²) >= 11 is 6.01. The van der Waals surface area contributed by atoms with Crippen LogP contribution in [0.25, 0.3) is 0 Å². The molecule has 0 atom stereocenters. The maximum Gasteiger partial charge on any atom is 0.243 e. The number of para-hydroxylation sites is 1. The van der Waals surface area contributed by atoms with Gasteiger partial charge in [-0.3, -0.25) is 4.79 Å². The lowest BCUT2D eigenvalue weighted by atomic mass is 10.3. The molecule has 3 rings (SSSR count). The Balaban J connectivity index is 1.57. The highest BCUT2D eigenvalue weighted by Gasteiger charge is 2.30. The minimum atomic E-state index is -3.25. The Labute approximate surface area is 158 Å². The van der Waals surface area contributed by atoms with E-state index in [2.05, 4.69) is 10.6 Å². The molecule has 1 fully saturated rings. The number of nitrogens with one attached hydrogen (secondary N) is 2. The van der Waals surface area contributed by atoms with Gasteiger partial charge in [0.05, 0.1) is 27.4 Å². The average molecular weight is 393 g/mol. The van der Waals surface area contributed by atoms with Gasteiger partial charge in [0.1, 0.15) is 0 Å². The Hall–Kier alpha value is -2.05. The van der Waals surface area contributed by atoms with Gasteiger partial charge in [-0.05, 0) is 49.2 Å². The normalized spacial score (nSPS) is 15.0. The summed E-state index contributed by atoms with van der Waals surface area (Å²) < 4.78 is 25.1. The topological polar surface area (TPSA) is 75.3 Å². The number of hydrogen-bond acceptors (Lipinski definition) is 4. The van der Waals surface area contributed by atoms with Crippen LogP contribution in [-0.2, 0) is 14.6 Å². The lowest BCUT2D eigenvalue weighted by Gasteiger charge is -2.12. The van der Waals surface area contributed by atoms with Crippen LogP contribution < -0.4 is 10.6 Å². The average Bonchev–Trinajstić information content (AvgIpc) is 3.18. The van der Waals surface area contributed by atoms with Crippen molar-refractivity contribution in [3.63, 3.8) is 0 Å². The highest BCUT2D eigenvalue weighted by Crippen LogP contribution is 2.30. The van der Waals surface area contributed by atoms with Crippen molar-refractivity contribution in [3.05, 3.63) is 53.6 Å². The maximum atomic E-state index is 12.5. The van der Waals surface area contributed by atoms with Crippen LogP contribution in [0.4, 0.5) is 11.4 Å². The van der Waals surface area contributed by atoms with Crippen LogP contribution in [-0.4, -0.2) is 26.1 Å². The molecule has 1 aliphatic rings. The number of anilines is 2. The van der Waals surface area contributed by atoms with Crippen molar-refractivity contribution >= 4 is 38.7 Å². The second kappa shape index (κ2) is 8.10. The minimum absolute atomic E-state index is 0.0555. The van der Waals surface area contributed by atoms with E-state index in [-0.39, 0.29) is 17.7 Å². The van der Waals surface area contributed by atoms with Crippen LogP contribution >= 0.6 is 11.6 Å². The van der Waals surface area contributed by atoms with Gasteiger partial charge in [-0.1, -0.05) is 36.6 Å². The fourth-order valence-electron chi connectivity index (χ4n) is 3.09. The van der Waals surface area contributed by atoms with E-state index in [1.54, 1.807) is 48.5 Å². The van der Waals surface area contributed by atoms with Crippen LogP contribution in [0.2, 0.25) is 5.02 Å². The molecule has 138 valence electrons. The summed E-state index contributed by atoms with van der Waals surface area (Å²) in [6.45, 7) is 0.0555. The van der Waals surface area contributed by atoms with Crippen LogP contribution in [0.3, 0.4) is 0 Å². The smallest absolute Gasteiger partial charge is 0.243 e. The monoisotopic (exact) mass is 392 g/mol. The highest BCUT2D eigenvalue weighted by atomic mass is 35.5. The first-order valence-electron chi connectivity index (χ1n) is 8.59. The van der Waals surface area contributed by atoms with Gasteiger partial charge in [0.25, 0.3) is 0 Å². The summed E-state index contributed by atoms with van der Waals surface area (Å²) in [5, 5.41) is 5.92. The molecule has 0 bridgehead atoms. The van der Waals surface area contributed by atoms with Gasteiger partial charge in [0.15, 0.2) is 9.84 Å². The third-order valence-corrected chi connectivity index (χ3v) is 7.13. The van der Waals surface area contributed by atoms with Gasteiger partial charge in [0.2, 0.25) is 5.91 Å². The fourth-order valence-corrected chi connectivity index (χ4v) is 5.13. The summed E-state index contributed by atoms with van der Waals surface area (Å²) in [6, 6.07) is 13.6. The van der Waals surface area contributed by atoms with Crippen LogP contribution in [0.15, 0.2) is 53.4 Å². The zero-order valence-electron chi connectivity index (χ0n) is 14.2. The quantitative estimate of drug-likeness (QED) is 0.775. The molecule has 0 spiro atoms. The molecule has 0 radical (unpaired) electrons. The van der Waals surface area contributed by atoms with Crippen molar-refractivity contribution in [2.45, 2.75) is 35.8 Å². The minimum Gasteiger partial charge on any atom is -0.376 e. The Morgan fingerprint density at radius 1 is 1.04 bits per heavy atom. The van der Waals surface area contributed by atoms with E-state index in [1.165, 1.54) is 0 Å². The maximum absolute atomic E-state index is 12.5. The van der Waals surface area contributed by atoms with Crippen LogP contribution in [0, 0.1) is 0 Å². The summed E-state index contributed by atoms with van der Waals surface area (Å²) in [5.41, 5.74) is 1.24. The van der Waals surface area contributed by atoms with Crippen molar-refractivity contribution in [2.24, 2.45) is 0 Å². The largest absolute Gasteiger partial charge is 0.376 e. The van der Waals surface area contributed by atoms with Crippen molar-refractivity contribution in [1.82, 2.24) is 0 Å². The van der Waals surface area contributed by atoms with E-state index in [4.69, 9.17) is 11.6 Å². The van der Waals surface area contributed by atoms with Gasteiger partial charge < -0.3 is 10.6 Å². The molecule has 1 aliphatic carbocycles. The molecule has 0 aliphatic heterocycles. The second-order valence-electron chi connectivity index (χ2n) is 6.36. The van der Waals surface area contributed by atoms with Crippen LogP contribution in [0.5, 0.6) is 0 Å². The third kappa shape index (κ3) is 4.37. The number of amides is 1. The standard InChI is InChI=1S/C19H21ClN2O3S/c20-17-7-3-4-8-18(17)22-19(23)13-21-14-9-11-16(12-10-14)26(24,25)15-5-1-2-6-15/h3-4,7-12,15,21H,1-2,5-6,13H2,(H,22,23). The molecule has 0 saturated heterocycles. The zero-order valence-corrected chi connectivity index (χ0v) is 15.8. The second-order valence-corrected chi connectivity index (χ2v) is 8.99. The van der Waals surface area contributed by atoms with E-state index in [0.717, 1.165) is 25.7 Å². The lowest BCUT2D eigenvalue weighted by molar-refractivity contribution is -0.114.